The summed E-state index contributed by atoms with van der Waals surface area (Å²) in [6.07, 6.45) is 0. The Morgan fingerprint density at radius 1 is 0.893 bits per heavy atom. The summed E-state index contributed by atoms with van der Waals surface area (Å²) in [5.74, 6) is 1.49. The van der Waals surface area contributed by atoms with Gasteiger partial charge in [-0.2, -0.15) is 0 Å². The Bertz CT molecular complexity index is 987. The van der Waals surface area contributed by atoms with Gasteiger partial charge in [0.1, 0.15) is 11.5 Å². The molecule has 2 N–H and O–H groups in total. The zero-order valence-corrected chi connectivity index (χ0v) is 16.2. The van der Waals surface area contributed by atoms with Crippen molar-refractivity contribution in [1.29, 1.82) is 0 Å². The summed E-state index contributed by atoms with van der Waals surface area (Å²) in [6, 6.07) is 14.6. The number of hydrogen-bond donors (Lipinski definition) is 2. The number of amides is 1. The number of nitrogens with one attached hydrogen (secondary N) is 2. The number of carbonyl (C=O) groups is 1. The molecule has 1 aromatic heterocycles. The van der Waals surface area contributed by atoms with Crippen molar-refractivity contribution >= 4 is 23.1 Å². The van der Waals surface area contributed by atoms with Crippen molar-refractivity contribution in [3.63, 3.8) is 0 Å². The van der Waals surface area contributed by atoms with E-state index in [4.69, 9.17) is 9.47 Å². The van der Waals surface area contributed by atoms with Gasteiger partial charge in [-0.15, -0.1) is 10.2 Å². The van der Waals surface area contributed by atoms with Gasteiger partial charge in [-0.3, -0.25) is 4.79 Å². The largest absolute Gasteiger partial charge is 0.497 e. The number of benzene rings is 2. The van der Waals surface area contributed by atoms with Crippen molar-refractivity contribution in [2.24, 2.45) is 0 Å². The van der Waals surface area contributed by atoms with Gasteiger partial charge in [0.2, 0.25) is 0 Å². The molecule has 0 aliphatic rings. The highest BCUT2D eigenvalue weighted by molar-refractivity contribution is 6.03. The molecule has 0 aliphatic carbocycles. The van der Waals surface area contributed by atoms with E-state index in [0.717, 1.165) is 16.8 Å². The Morgan fingerprint density at radius 2 is 1.71 bits per heavy atom. The smallest absolute Gasteiger partial charge is 0.276 e. The highest BCUT2D eigenvalue weighted by atomic mass is 16.5. The van der Waals surface area contributed by atoms with Gasteiger partial charge in [0.05, 0.1) is 19.9 Å². The van der Waals surface area contributed by atoms with Crippen molar-refractivity contribution in [3.8, 4) is 11.5 Å². The molecule has 0 aliphatic heterocycles. The van der Waals surface area contributed by atoms with Crippen LogP contribution < -0.4 is 20.1 Å². The fourth-order valence-electron chi connectivity index (χ4n) is 2.63. The molecular formula is C21H22N4O3. The van der Waals surface area contributed by atoms with Crippen molar-refractivity contribution in [1.82, 2.24) is 10.2 Å². The summed E-state index contributed by atoms with van der Waals surface area (Å²) in [7, 11) is 3.17. The maximum Gasteiger partial charge on any atom is 0.276 e. The topological polar surface area (TPSA) is 85.4 Å². The maximum absolute atomic E-state index is 12.5. The Hall–Kier alpha value is -3.61. The van der Waals surface area contributed by atoms with Crippen LogP contribution in [0.15, 0.2) is 48.5 Å². The quantitative estimate of drug-likeness (QED) is 0.671. The summed E-state index contributed by atoms with van der Waals surface area (Å²) >= 11 is 0. The minimum absolute atomic E-state index is 0.226. The Labute approximate surface area is 163 Å². The summed E-state index contributed by atoms with van der Waals surface area (Å²) < 4.78 is 10.6. The Morgan fingerprint density at radius 3 is 2.39 bits per heavy atom. The van der Waals surface area contributed by atoms with Crippen LogP contribution in [0.1, 0.15) is 21.6 Å². The van der Waals surface area contributed by atoms with Gasteiger partial charge in [0.15, 0.2) is 11.5 Å². The number of nitrogens with zero attached hydrogens (tertiary/aromatic N) is 2. The van der Waals surface area contributed by atoms with Gasteiger partial charge in [0, 0.05) is 11.8 Å². The lowest BCUT2D eigenvalue weighted by molar-refractivity contribution is 0.102. The summed E-state index contributed by atoms with van der Waals surface area (Å²) in [5, 5.41) is 14.1. The molecule has 1 heterocycles. The number of aromatic nitrogens is 2. The van der Waals surface area contributed by atoms with E-state index in [9.17, 15) is 4.79 Å². The second-order valence-electron chi connectivity index (χ2n) is 6.27. The number of anilines is 3. The first-order valence-corrected chi connectivity index (χ1v) is 8.71. The average Bonchev–Trinajstić information content (AvgIpc) is 2.71. The van der Waals surface area contributed by atoms with Crippen LogP contribution in [0.3, 0.4) is 0 Å². The molecule has 0 atom stereocenters. The van der Waals surface area contributed by atoms with Crippen LogP contribution in [0.4, 0.5) is 17.2 Å². The highest BCUT2D eigenvalue weighted by Gasteiger charge is 2.11. The minimum Gasteiger partial charge on any atom is -0.497 e. The molecule has 2 aromatic carbocycles. The van der Waals surface area contributed by atoms with Crippen molar-refractivity contribution in [2.45, 2.75) is 13.8 Å². The van der Waals surface area contributed by atoms with E-state index in [1.165, 1.54) is 0 Å². The number of ether oxygens (including phenoxy) is 2. The number of aryl methyl sites for hydroxylation is 2. The predicted octanol–water partition coefficient (Wildman–Crippen LogP) is 4.11. The molecule has 0 bridgehead atoms. The lowest BCUT2D eigenvalue weighted by atomic mass is 10.1. The van der Waals surface area contributed by atoms with Crippen molar-refractivity contribution in [3.05, 3.63) is 65.4 Å². The molecule has 0 unspecified atom stereocenters. The van der Waals surface area contributed by atoms with Crippen LogP contribution in [0.5, 0.6) is 11.5 Å². The lowest BCUT2D eigenvalue weighted by Gasteiger charge is -2.12. The van der Waals surface area contributed by atoms with E-state index in [1.54, 1.807) is 44.6 Å². The van der Waals surface area contributed by atoms with Crippen LogP contribution in [-0.2, 0) is 0 Å². The number of hydrogen-bond acceptors (Lipinski definition) is 6. The van der Waals surface area contributed by atoms with E-state index in [-0.39, 0.29) is 11.6 Å². The monoisotopic (exact) mass is 378 g/mol. The normalized spacial score (nSPS) is 10.3. The first-order valence-electron chi connectivity index (χ1n) is 8.71. The molecule has 1 amide bonds. The SMILES string of the molecule is COc1ccc(OC)c(Nc2ccc(C(=O)Nc3cc(C)ccc3C)nn2)c1. The summed E-state index contributed by atoms with van der Waals surface area (Å²) in [6.45, 7) is 3.91. The van der Waals surface area contributed by atoms with E-state index in [0.29, 0.717) is 23.0 Å². The zero-order chi connectivity index (χ0) is 20.1. The Balaban J connectivity index is 1.75. The van der Waals surface area contributed by atoms with Crippen LogP contribution in [-0.4, -0.2) is 30.3 Å². The fraction of sp³-hybridized carbons (Fsp3) is 0.190. The molecule has 28 heavy (non-hydrogen) atoms. The number of methoxy groups -OCH3 is 2. The maximum atomic E-state index is 12.5. The summed E-state index contributed by atoms with van der Waals surface area (Å²) in [4.78, 5) is 12.5. The molecule has 0 fully saturated rings. The van der Waals surface area contributed by atoms with Crippen LogP contribution in [0, 0.1) is 13.8 Å². The predicted molar refractivity (Wildman–Crippen MR) is 109 cm³/mol. The van der Waals surface area contributed by atoms with E-state index < -0.39 is 0 Å². The van der Waals surface area contributed by atoms with Crippen molar-refractivity contribution in [2.75, 3.05) is 24.9 Å². The van der Waals surface area contributed by atoms with Gasteiger partial charge >= 0.3 is 0 Å². The van der Waals surface area contributed by atoms with Gasteiger partial charge in [-0.1, -0.05) is 12.1 Å². The molecule has 0 saturated heterocycles. The van der Waals surface area contributed by atoms with Gasteiger partial charge in [0.25, 0.3) is 5.91 Å². The van der Waals surface area contributed by atoms with Crippen LogP contribution in [0.25, 0.3) is 0 Å². The van der Waals surface area contributed by atoms with E-state index in [1.807, 2.05) is 32.0 Å². The number of rotatable bonds is 6. The average molecular weight is 378 g/mol. The molecule has 144 valence electrons. The third-order valence-electron chi connectivity index (χ3n) is 4.21. The first kappa shape index (κ1) is 19.2. The zero-order valence-electron chi connectivity index (χ0n) is 16.2. The molecule has 0 spiro atoms. The van der Waals surface area contributed by atoms with Crippen molar-refractivity contribution < 1.29 is 14.3 Å². The lowest BCUT2D eigenvalue weighted by Crippen LogP contribution is -2.15. The van der Waals surface area contributed by atoms with Crippen LogP contribution >= 0.6 is 0 Å². The minimum atomic E-state index is -0.313. The molecule has 3 aromatic rings. The summed E-state index contributed by atoms with van der Waals surface area (Å²) in [5.41, 5.74) is 3.72. The Kier molecular flexibility index (Phi) is 5.74. The van der Waals surface area contributed by atoms with Gasteiger partial charge in [-0.05, 0) is 55.3 Å². The fourth-order valence-corrected chi connectivity index (χ4v) is 2.63. The van der Waals surface area contributed by atoms with Gasteiger partial charge in [-0.25, -0.2) is 0 Å². The molecule has 7 heteroatoms. The third-order valence-corrected chi connectivity index (χ3v) is 4.21. The first-order chi connectivity index (χ1) is 13.5. The molecule has 0 saturated carbocycles. The molecular weight excluding hydrogens is 356 g/mol. The third kappa shape index (κ3) is 4.37. The van der Waals surface area contributed by atoms with Crippen LogP contribution in [0.2, 0.25) is 0 Å². The highest BCUT2D eigenvalue weighted by Crippen LogP contribution is 2.30. The molecule has 3 rings (SSSR count). The molecule has 7 nitrogen and oxygen atoms in total. The molecule has 0 radical (unpaired) electrons. The second kappa shape index (κ2) is 8.39. The van der Waals surface area contributed by atoms with E-state index >= 15 is 0 Å². The van der Waals surface area contributed by atoms with E-state index in [2.05, 4.69) is 20.8 Å². The van der Waals surface area contributed by atoms with Gasteiger partial charge < -0.3 is 20.1 Å². The standard InChI is InChI=1S/C21H22N4O3/c1-13-5-6-14(2)17(11-13)23-21(26)16-8-10-20(25-24-16)22-18-12-15(27-3)7-9-19(18)28-4/h5-12H,1-4H3,(H,22,25)(H,23,26). The second-order valence-corrected chi connectivity index (χ2v) is 6.27. The number of carbonyl (C=O) groups excluding carboxylic acids is 1.